The molecule has 37 heavy (non-hydrogen) atoms. The van der Waals surface area contributed by atoms with Gasteiger partial charge in [-0.3, -0.25) is 4.79 Å². The van der Waals surface area contributed by atoms with Crippen LogP contribution < -0.4 is 4.74 Å². The molecule has 4 rings (SSSR count). The summed E-state index contributed by atoms with van der Waals surface area (Å²) in [7, 11) is 1.65. The average molecular weight is 543 g/mol. The molecule has 0 saturated carbocycles. The van der Waals surface area contributed by atoms with Crippen molar-refractivity contribution in [3.63, 3.8) is 0 Å². The summed E-state index contributed by atoms with van der Waals surface area (Å²) in [5.74, 6) is 0.568. The van der Waals surface area contributed by atoms with Gasteiger partial charge in [0.25, 0.3) is 0 Å². The molecule has 0 radical (unpaired) electrons. The predicted octanol–water partition coefficient (Wildman–Crippen LogP) is 6.59. The van der Waals surface area contributed by atoms with Crippen molar-refractivity contribution in [3.05, 3.63) is 99.5 Å². The van der Waals surface area contributed by atoms with Crippen LogP contribution in [0.4, 0.5) is 0 Å². The first-order valence-electron chi connectivity index (χ1n) is 12.7. The van der Waals surface area contributed by atoms with Gasteiger partial charge in [0.2, 0.25) is 0 Å². The van der Waals surface area contributed by atoms with E-state index in [0.29, 0.717) is 36.3 Å². The van der Waals surface area contributed by atoms with E-state index in [2.05, 4.69) is 4.90 Å². The minimum atomic E-state index is -0.905. The molecule has 1 unspecified atom stereocenters. The molecule has 0 amide bonds. The van der Waals surface area contributed by atoms with E-state index in [9.17, 15) is 4.79 Å². The maximum atomic E-state index is 12.3. The standard InChI is InChI=1S/C30H33Cl2NO4/c1-3-36-29(34)22-5-4-18-33(21-22)19-20-37-30(23-6-12-26(31)13-7-23,24-8-14-27(32)15-9-24)25-10-16-28(35-2)17-11-25/h6-17,22H,3-5,18-21H2,1-2H3. The maximum Gasteiger partial charge on any atom is 0.310 e. The first-order valence-corrected chi connectivity index (χ1v) is 13.4. The second-order valence-corrected chi connectivity index (χ2v) is 10.0. The number of rotatable bonds is 10. The van der Waals surface area contributed by atoms with Crippen LogP contribution in [0.5, 0.6) is 5.75 Å². The Balaban J connectivity index is 1.67. The molecule has 1 heterocycles. The predicted molar refractivity (Wildman–Crippen MR) is 148 cm³/mol. The summed E-state index contributed by atoms with van der Waals surface area (Å²) in [5, 5.41) is 1.31. The van der Waals surface area contributed by atoms with Gasteiger partial charge in [0.05, 0.1) is 26.2 Å². The monoisotopic (exact) mass is 541 g/mol. The van der Waals surface area contributed by atoms with E-state index in [1.54, 1.807) is 7.11 Å². The zero-order chi connectivity index (χ0) is 26.3. The topological polar surface area (TPSA) is 48.0 Å². The van der Waals surface area contributed by atoms with Crippen LogP contribution in [0.25, 0.3) is 0 Å². The molecule has 0 aliphatic carbocycles. The van der Waals surface area contributed by atoms with Crippen molar-refractivity contribution in [3.8, 4) is 5.75 Å². The van der Waals surface area contributed by atoms with Crippen LogP contribution in [0.15, 0.2) is 72.8 Å². The Morgan fingerprint density at radius 2 is 1.46 bits per heavy atom. The van der Waals surface area contributed by atoms with Crippen LogP contribution in [-0.2, 0) is 19.9 Å². The van der Waals surface area contributed by atoms with Gasteiger partial charge in [0, 0.05) is 23.1 Å². The second kappa shape index (κ2) is 12.8. The van der Waals surface area contributed by atoms with Crippen molar-refractivity contribution >= 4 is 29.2 Å². The third kappa shape index (κ3) is 6.47. The van der Waals surface area contributed by atoms with Gasteiger partial charge in [0.1, 0.15) is 11.4 Å². The van der Waals surface area contributed by atoms with E-state index in [4.69, 9.17) is 37.4 Å². The van der Waals surface area contributed by atoms with Gasteiger partial charge >= 0.3 is 5.97 Å². The summed E-state index contributed by atoms with van der Waals surface area (Å²) in [6.45, 7) is 5.00. The van der Waals surface area contributed by atoms with Gasteiger partial charge in [-0.15, -0.1) is 0 Å². The van der Waals surface area contributed by atoms with Crippen LogP contribution in [0.2, 0.25) is 10.0 Å². The summed E-state index contributed by atoms with van der Waals surface area (Å²) in [6.07, 6.45) is 1.82. The SMILES string of the molecule is CCOC(=O)C1CCCN(CCOC(c2ccc(Cl)cc2)(c2ccc(Cl)cc2)c2ccc(OC)cc2)C1. The van der Waals surface area contributed by atoms with Crippen LogP contribution in [-0.4, -0.2) is 50.8 Å². The fourth-order valence-electron chi connectivity index (χ4n) is 4.98. The molecule has 1 fully saturated rings. The molecule has 0 bridgehead atoms. The lowest BCUT2D eigenvalue weighted by Gasteiger charge is -2.37. The largest absolute Gasteiger partial charge is 0.497 e. The highest BCUT2D eigenvalue weighted by atomic mass is 35.5. The van der Waals surface area contributed by atoms with Gasteiger partial charge in [-0.05, 0) is 79.4 Å². The highest BCUT2D eigenvalue weighted by Crippen LogP contribution is 2.42. The molecule has 1 saturated heterocycles. The van der Waals surface area contributed by atoms with Crippen LogP contribution >= 0.6 is 23.2 Å². The van der Waals surface area contributed by atoms with Gasteiger partial charge < -0.3 is 19.1 Å². The van der Waals surface area contributed by atoms with Crippen LogP contribution in [0.3, 0.4) is 0 Å². The van der Waals surface area contributed by atoms with Crippen molar-refractivity contribution in [2.24, 2.45) is 5.92 Å². The molecule has 1 aliphatic heterocycles. The number of piperidine rings is 1. The molecular formula is C30H33Cl2NO4. The minimum Gasteiger partial charge on any atom is -0.497 e. The number of hydrogen-bond acceptors (Lipinski definition) is 5. The summed E-state index contributed by atoms with van der Waals surface area (Å²) in [6, 6.07) is 23.4. The molecule has 0 spiro atoms. The number of carbonyl (C=O) groups excluding carboxylic acids is 1. The number of methoxy groups -OCH3 is 1. The molecule has 0 aromatic heterocycles. The van der Waals surface area contributed by atoms with E-state index in [1.807, 2.05) is 79.7 Å². The minimum absolute atomic E-state index is 0.0902. The fraction of sp³-hybridized carbons (Fsp3) is 0.367. The number of likely N-dealkylation sites (tertiary alicyclic amines) is 1. The first-order chi connectivity index (χ1) is 18.0. The highest BCUT2D eigenvalue weighted by Gasteiger charge is 2.38. The molecule has 3 aromatic rings. The normalized spacial score (nSPS) is 16.4. The number of benzene rings is 3. The molecule has 196 valence electrons. The Labute approximate surface area is 229 Å². The number of carbonyl (C=O) groups is 1. The number of halogens is 2. The molecule has 1 aliphatic rings. The summed E-state index contributed by atoms with van der Waals surface area (Å²) in [4.78, 5) is 14.6. The lowest BCUT2D eigenvalue weighted by molar-refractivity contribution is -0.150. The van der Waals surface area contributed by atoms with E-state index in [1.165, 1.54) is 0 Å². The molecule has 0 N–H and O–H groups in total. The van der Waals surface area contributed by atoms with Crippen molar-refractivity contribution < 1.29 is 19.0 Å². The van der Waals surface area contributed by atoms with Crippen molar-refractivity contribution in [1.29, 1.82) is 0 Å². The Bertz CT molecular complexity index is 1100. The Morgan fingerprint density at radius 1 is 0.919 bits per heavy atom. The number of nitrogens with zero attached hydrogens (tertiary/aromatic N) is 1. The number of hydrogen-bond donors (Lipinski definition) is 0. The van der Waals surface area contributed by atoms with E-state index < -0.39 is 5.60 Å². The summed E-state index contributed by atoms with van der Waals surface area (Å²) < 4.78 is 17.6. The zero-order valence-corrected chi connectivity index (χ0v) is 22.8. The Hall–Kier alpha value is -2.57. The third-order valence-corrected chi connectivity index (χ3v) is 7.35. The quantitative estimate of drug-likeness (QED) is 0.214. The molecule has 5 nitrogen and oxygen atoms in total. The molecular weight excluding hydrogens is 509 g/mol. The molecule has 7 heteroatoms. The van der Waals surface area contributed by atoms with Crippen molar-refractivity contribution in [2.75, 3.05) is 40.0 Å². The van der Waals surface area contributed by atoms with Gasteiger partial charge in [-0.1, -0.05) is 59.6 Å². The van der Waals surface area contributed by atoms with E-state index in [0.717, 1.165) is 41.8 Å². The van der Waals surface area contributed by atoms with Crippen LogP contribution in [0.1, 0.15) is 36.5 Å². The maximum absolute atomic E-state index is 12.3. The average Bonchev–Trinajstić information content (AvgIpc) is 2.93. The van der Waals surface area contributed by atoms with Gasteiger partial charge in [-0.25, -0.2) is 0 Å². The lowest BCUT2D eigenvalue weighted by Crippen LogP contribution is -2.42. The number of esters is 1. The van der Waals surface area contributed by atoms with Gasteiger partial charge in [0.15, 0.2) is 0 Å². The van der Waals surface area contributed by atoms with Crippen LogP contribution in [0, 0.1) is 5.92 Å². The van der Waals surface area contributed by atoms with Crippen molar-refractivity contribution in [1.82, 2.24) is 4.90 Å². The highest BCUT2D eigenvalue weighted by molar-refractivity contribution is 6.30. The third-order valence-electron chi connectivity index (χ3n) is 6.85. The first kappa shape index (κ1) is 27.5. The van der Waals surface area contributed by atoms with E-state index in [-0.39, 0.29) is 11.9 Å². The summed E-state index contributed by atoms with van der Waals surface area (Å²) >= 11 is 12.5. The van der Waals surface area contributed by atoms with Crippen molar-refractivity contribution in [2.45, 2.75) is 25.4 Å². The second-order valence-electron chi connectivity index (χ2n) is 9.16. The Morgan fingerprint density at radius 3 is 1.97 bits per heavy atom. The Kier molecular flexibility index (Phi) is 9.49. The summed E-state index contributed by atoms with van der Waals surface area (Å²) in [5.41, 5.74) is 1.96. The molecule has 3 aromatic carbocycles. The van der Waals surface area contributed by atoms with Gasteiger partial charge in [-0.2, -0.15) is 0 Å². The number of ether oxygens (including phenoxy) is 3. The molecule has 1 atom stereocenters. The van der Waals surface area contributed by atoms with E-state index >= 15 is 0 Å². The fourth-order valence-corrected chi connectivity index (χ4v) is 5.24. The zero-order valence-electron chi connectivity index (χ0n) is 21.3. The lowest BCUT2D eigenvalue weighted by atomic mass is 9.80. The smallest absolute Gasteiger partial charge is 0.310 e.